The van der Waals surface area contributed by atoms with Crippen molar-refractivity contribution in [3.8, 4) is 0 Å². The van der Waals surface area contributed by atoms with Crippen LogP contribution in [0.25, 0.3) is 0 Å². The zero-order chi connectivity index (χ0) is 9.84. The van der Waals surface area contributed by atoms with Crippen molar-refractivity contribution in [1.29, 1.82) is 0 Å². The summed E-state index contributed by atoms with van der Waals surface area (Å²) < 4.78 is 0. The van der Waals surface area contributed by atoms with Crippen LogP contribution >= 0.6 is 0 Å². The molecule has 0 bridgehead atoms. The number of hydrogen-bond donors (Lipinski definition) is 1. The molecule has 0 spiro atoms. The van der Waals surface area contributed by atoms with E-state index in [4.69, 9.17) is 0 Å². The van der Waals surface area contributed by atoms with E-state index >= 15 is 0 Å². The molecule has 0 radical (unpaired) electrons. The highest BCUT2D eigenvalue weighted by Crippen LogP contribution is 2.16. The maximum atomic E-state index is 11.5. The number of carbonyl (C=O) groups excluding carboxylic acids is 1. The van der Waals surface area contributed by atoms with E-state index in [0.29, 0.717) is 18.4 Å². The Morgan fingerprint density at radius 3 is 2.77 bits per heavy atom. The fourth-order valence-electron chi connectivity index (χ4n) is 1.99. The topological polar surface area (TPSA) is 32.3 Å². The standard InChI is InChI=1S/C10H20N2O/c1-4-10(13)12-6-8(2)5-9(7-12)11-3/h8-9,11H,4-7H2,1-3H3. The van der Waals surface area contributed by atoms with Crippen LogP contribution in [0.5, 0.6) is 0 Å². The summed E-state index contributed by atoms with van der Waals surface area (Å²) in [5.74, 6) is 0.911. The number of rotatable bonds is 2. The molecule has 0 aromatic carbocycles. The van der Waals surface area contributed by atoms with Gasteiger partial charge in [0, 0.05) is 25.6 Å². The van der Waals surface area contributed by atoms with Gasteiger partial charge in [0.15, 0.2) is 0 Å². The predicted octanol–water partition coefficient (Wildman–Crippen LogP) is 0.853. The first kappa shape index (κ1) is 10.5. The Labute approximate surface area is 80.5 Å². The third kappa shape index (κ3) is 2.69. The molecule has 2 atom stereocenters. The van der Waals surface area contributed by atoms with Gasteiger partial charge in [0.05, 0.1) is 0 Å². The minimum Gasteiger partial charge on any atom is -0.341 e. The molecular weight excluding hydrogens is 164 g/mol. The second-order valence-electron chi connectivity index (χ2n) is 3.98. The van der Waals surface area contributed by atoms with Crippen LogP contribution in [0, 0.1) is 5.92 Å². The normalized spacial score (nSPS) is 29.0. The van der Waals surface area contributed by atoms with Crippen LogP contribution in [0.1, 0.15) is 26.7 Å². The van der Waals surface area contributed by atoms with Crippen molar-refractivity contribution < 1.29 is 4.79 Å². The van der Waals surface area contributed by atoms with Gasteiger partial charge in [-0.25, -0.2) is 0 Å². The van der Waals surface area contributed by atoms with Gasteiger partial charge in [0.25, 0.3) is 0 Å². The maximum Gasteiger partial charge on any atom is 0.222 e. The molecule has 0 aliphatic carbocycles. The molecule has 3 heteroatoms. The van der Waals surface area contributed by atoms with Crippen LogP contribution in [0.2, 0.25) is 0 Å². The van der Waals surface area contributed by atoms with Gasteiger partial charge in [-0.1, -0.05) is 13.8 Å². The summed E-state index contributed by atoms with van der Waals surface area (Å²) in [6.07, 6.45) is 1.81. The number of nitrogens with zero attached hydrogens (tertiary/aromatic N) is 1. The highest BCUT2D eigenvalue weighted by atomic mass is 16.2. The molecular formula is C10H20N2O. The Hall–Kier alpha value is -0.570. The summed E-state index contributed by atoms with van der Waals surface area (Å²) in [5.41, 5.74) is 0. The first-order valence-corrected chi connectivity index (χ1v) is 5.12. The summed E-state index contributed by atoms with van der Waals surface area (Å²) in [6, 6.07) is 0.485. The Bertz CT molecular complexity index is 182. The van der Waals surface area contributed by atoms with E-state index in [0.717, 1.165) is 13.1 Å². The molecule has 0 aromatic rings. The quantitative estimate of drug-likeness (QED) is 0.690. The van der Waals surface area contributed by atoms with Crippen molar-refractivity contribution in [1.82, 2.24) is 10.2 Å². The number of piperidine rings is 1. The van der Waals surface area contributed by atoms with Gasteiger partial charge in [-0.15, -0.1) is 0 Å². The average Bonchev–Trinajstić information content (AvgIpc) is 2.15. The SMILES string of the molecule is CCC(=O)N1CC(C)CC(NC)C1. The zero-order valence-electron chi connectivity index (χ0n) is 8.84. The second kappa shape index (κ2) is 4.61. The van der Waals surface area contributed by atoms with Crippen LogP contribution < -0.4 is 5.32 Å². The first-order chi connectivity index (χ1) is 6.17. The summed E-state index contributed by atoms with van der Waals surface area (Å²) in [5, 5.41) is 3.25. The second-order valence-corrected chi connectivity index (χ2v) is 3.98. The third-order valence-corrected chi connectivity index (χ3v) is 2.72. The largest absolute Gasteiger partial charge is 0.341 e. The number of likely N-dealkylation sites (N-methyl/N-ethyl adjacent to an activating group) is 1. The van der Waals surface area contributed by atoms with E-state index < -0.39 is 0 Å². The minimum atomic E-state index is 0.284. The number of nitrogens with one attached hydrogen (secondary N) is 1. The van der Waals surface area contributed by atoms with Crippen LogP contribution in [0.3, 0.4) is 0 Å². The summed E-state index contributed by atoms with van der Waals surface area (Å²) in [7, 11) is 1.97. The van der Waals surface area contributed by atoms with Crippen LogP contribution in [0.4, 0.5) is 0 Å². The lowest BCUT2D eigenvalue weighted by Crippen LogP contribution is -2.49. The number of carbonyl (C=O) groups is 1. The van der Waals surface area contributed by atoms with Crippen molar-refractivity contribution in [2.24, 2.45) is 5.92 Å². The van der Waals surface area contributed by atoms with E-state index in [1.165, 1.54) is 6.42 Å². The molecule has 76 valence electrons. The van der Waals surface area contributed by atoms with E-state index in [1.54, 1.807) is 0 Å². The molecule has 1 rings (SSSR count). The molecule has 1 saturated heterocycles. The lowest BCUT2D eigenvalue weighted by atomic mass is 9.96. The van der Waals surface area contributed by atoms with Crippen LogP contribution in [0.15, 0.2) is 0 Å². The highest BCUT2D eigenvalue weighted by Gasteiger charge is 2.25. The molecule has 1 amide bonds. The molecule has 0 aromatic heterocycles. The van der Waals surface area contributed by atoms with E-state index in [1.807, 2.05) is 18.9 Å². The minimum absolute atomic E-state index is 0.284. The molecule has 1 N–H and O–H groups in total. The van der Waals surface area contributed by atoms with E-state index in [9.17, 15) is 4.79 Å². The Balaban J connectivity index is 2.51. The molecule has 13 heavy (non-hydrogen) atoms. The smallest absolute Gasteiger partial charge is 0.222 e. The molecule has 0 saturated carbocycles. The Kier molecular flexibility index (Phi) is 3.72. The van der Waals surface area contributed by atoms with Gasteiger partial charge >= 0.3 is 0 Å². The Morgan fingerprint density at radius 1 is 1.54 bits per heavy atom. The average molecular weight is 184 g/mol. The molecule has 1 heterocycles. The monoisotopic (exact) mass is 184 g/mol. The number of hydrogen-bond acceptors (Lipinski definition) is 2. The highest BCUT2D eigenvalue weighted by molar-refractivity contribution is 5.75. The predicted molar refractivity (Wildman–Crippen MR) is 53.5 cm³/mol. The molecule has 1 aliphatic rings. The fourth-order valence-corrected chi connectivity index (χ4v) is 1.99. The van der Waals surface area contributed by atoms with E-state index in [-0.39, 0.29) is 5.91 Å². The lowest BCUT2D eigenvalue weighted by molar-refractivity contribution is -0.133. The number of amides is 1. The maximum absolute atomic E-state index is 11.5. The van der Waals surface area contributed by atoms with Gasteiger partial charge in [-0.05, 0) is 19.4 Å². The van der Waals surface area contributed by atoms with Gasteiger partial charge in [-0.3, -0.25) is 4.79 Å². The summed E-state index contributed by atoms with van der Waals surface area (Å²) in [4.78, 5) is 13.5. The van der Waals surface area contributed by atoms with Crippen LogP contribution in [-0.4, -0.2) is 37.0 Å². The van der Waals surface area contributed by atoms with E-state index in [2.05, 4.69) is 12.2 Å². The van der Waals surface area contributed by atoms with Crippen LogP contribution in [-0.2, 0) is 4.79 Å². The Morgan fingerprint density at radius 2 is 2.23 bits per heavy atom. The molecule has 2 unspecified atom stereocenters. The summed E-state index contributed by atoms with van der Waals surface area (Å²) >= 11 is 0. The van der Waals surface area contributed by atoms with Crippen molar-refractivity contribution >= 4 is 5.91 Å². The van der Waals surface area contributed by atoms with Crippen molar-refractivity contribution in [3.63, 3.8) is 0 Å². The molecule has 3 nitrogen and oxygen atoms in total. The molecule has 1 aliphatic heterocycles. The first-order valence-electron chi connectivity index (χ1n) is 5.12. The van der Waals surface area contributed by atoms with Gasteiger partial charge in [0.1, 0.15) is 0 Å². The van der Waals surface area contributed by atoms with Crippen molar-refractivity contribution in [2.75, 3.05) is 20.1 Å². The summed E-state index contributed by atoms with van der Waals surface area (Å²) in [6.45, 7) is 5.95. The van der Waals surface area contributed by atoms with Gasteiger partial charge < -0.3 is 10.2 Å². The van der Waals surface area contributed by atoms with Crippen molar-refractivity contribution in [3.05, 3.63) is 0 Å². The fraction of sp³-hybridized carbons (Fsp3) is 0.900. The zero-order valence-corrected chi connectivity index (χ0v) is 8.84. The van der Waals surface area contributed by atoms with Crippen molar-refractivity contribution in [2.45, 2.75) is 32.7 Å². The van der Waals surface area contributed by atoms with Gasteiger partial charge in [-0.2, -0.15) is 0 Å². The lowest BCUT2D eigenvalue weighted by Gasteiger charge is -2.36. The number of likely N-dealkylation sites (tertiary alicyclic amines) is 1. The van der Waals surface area contributed by atoms with Gasteiger partial charge in [0.2, 0.25) is 5.91 Å². The molecule has 1 fully saturated rings. The third-order valence-electron chi connectivity index (χ3n) is 2.72.